The molecular formula is C14H22N4O. The largest absolute Gasteiger partial charge is 0.382 e. The minimum absolute atomic E-state index is 0.0698. The number of rotatable bonds is 1. The zero-order valence-corrected chi connectivity index (χ0v) is 11.5. The number of carbonyl (C=O) groups is 1. The van der Waals surface area contributed by atoms with E-state index in [9.17, 15) is 4.79 Å². The Morgan fingerprint density at radius 2 is 2.05 bits per heavy atom. The van der Waals surface area contributed by atoms with Gasteiger partial charge in [-0.15, -0.1) is 0 Å². The van der Waals surface area contributed by atoms with E-state index >= 15 is 0 Å². The number of hydrogen-bond donors (Lipinski definition) is 2. The summed E-state index contributed by atoms with van der Waals surface area (Å²) in [6, 6.07) is 0.420. The number of carbonyl (C=O) groups excluding carboxylic acids is 1. The first-order chi connectivity index (χ1) is 9.18. The molecule has 1 aliphatic carbocycles. The molecule has 1 saturated heterocycles. The first-order valence-corrected chi connectivity index (χ1v) is 7.30. The number of aromatic amines is 1. The molecule has 104 valence electrons. The monoisotopic (exact) mass is 262 g/mol. The average Bonchev–Trinajstić information content (AvgIpc) is 2.77. The van der Waals surface area contributed by atoms with Gasteiger partial charge < -0.3 is 10.6 Å². The Bertz CT molecular complexity index is 460. The minimum atomic E-state index is 0.0698. The number of fused-ring (bicyclic) bond motifs is 1. The fraction of sp³-hybridized carbons (Fsp3) is 0.714. The SMILES string of the molecule is Cc1[nH]nc(N)c1C(=O)N1CCC[C@H]2CCCC[C@H]21. The van der Waals surface area contributed by atoms with Crippen LogP contribution in [0.2, 0.25) is 0 Å². The molecule has 0 aromatic carbocycles. The lowest BCUT2D eigenvalue weighted by Crippen LogP contribution is -2.49. The van der Waals surface area contributed by atoms with E-state index in [2.05, 4.69) is 15.1 Å². The quantitative estimate of drug-likeness (QED) is 0.813. The van der Waals surface area contributed by atoms with Crippen LogP contribution in [0.25, 0.3) is 0 Å². The summed E-state index contributed by atoms with van der Waals surface area (Å²) in [5, 5.41) is 6.75. The minimum Gasteiger partial charge on any atom is -0.382 e. The van der Waals surface area contributed by atoms with Crippen LogP contribution in [-0.2, 0) is 0 Å². The second-order valence-electron chi connectivity index (χ2n) is 5.86. The number of piperidine rings is 1. The van der Waals surface area contributed by atoms with E-state index in [1.54, 1.807) is 0 Å². The predicted octanol–water partition coefficient (Wildman–Crippen LogP) is 2.10. The Morgan fingerprint density at radius 1 is 1.32 bits per heavy atom. The van der Waals surface area contributed by atoms with Crippen LogP contribution in [0, 0.1) is 12.8 Å². The van der Waals surface area contributed by atoms with E-state index in [0.29, 0.717) is 23.3 Å². The summed E-state index contributed by atoms with van der Waals surface area (Å²) in [6.45, 7) is 2.73. The molecule has 0 unspecified atom stereocenters. The summed E-state index contributed by atoms with van der Waals surface area (Å²) in [4.78, 5) is 14.8. The van der Waals surface area contributed by atoms with Crippen LogP contribution in [0.15, 0.2) is 0 Å². The maximum Gasteiger partial charge on any atom is 0.259 e. The normalized spacial score (nSPS) is 27.1. The van der Waals surface area contributed by atoms with Gasteiger partial charge in [-0.3, -0.25) is 9.89 Å². The van der Waals surface area contributed by atoms with Gasteiger partial charge in [-0.2, -0.15) is 5.10 Å². The first-order valence-electron chi connectivity index (χ1n) is 7.30. The molecule has 1 amide bonds. The number of amides is 1. The maximum atomic E-state index is 12.7. The highest BCUT2D eigenvalue weighted by Gasteiger charge is 2.37. The van der Waals surface area contributed by atoms with Gasteiger partial charge in [-0.25, -0.2) is 0 Å². The van der Waals surface area contributed by atoms with Crippen molar-refractivity contribution in [3.8, 4) is 0 Å². The molecule has 1 aromatic heterocycles. The lowest BCUT2D eigenvalue weighted by atomic mass is 9.78. The van der Waals surface area contributed by atoms with Gasteiger partial charge in [-0.05, 0) is 38.5 Å². The molecule has 1 aliphatic heterocycles. The highest BCUT2D eigenvalue weighted by Crippen LogP contribution is 2.36. The molecule has 5 nitrogen and oxygen atoms in total. The summed E-state index contributed by atoms with van der Waals surface area (Å²) in [5.74, 6) is 1.10. The molecule has 0 bridgehead atoms. The average molecular weight is 262 g/mol. The van der Waals surface area contributed by atoms with Crippen LogP contribution in [0.1, 0.15) is 54.6 Å². The van der Waals surface area contributed by atoms with Crippen LogP contribution in [0.4, 0.5) is 5.82 Å². The van der Waals surface area contributed by atoms with E-state index < -0.39 is 0 Å². The van der Waals surface area contributed by atoms with E-state index in [1.807, 2.05) is 6.92 Å². The van der Waals surface area contributed by atoms with Crippen molar-refractivity contribution in [1.82, 2.24) is 15.1 Å². The van der Waals surface area contributed by atoms with Gasteiger partial charge in [0.05, 0.1) is 0 Å². The molecule has 2 aliphatic rings. The number of nitrogen functional groups attached to an aromatic ring is 1. The third kappa shape index (κ3) is 2.11. The van der Waals surface area contributed by atoms with E-state index in [4.69, 9.17) is 5.73 Å². The number of nitrogens with one attached hydrogen (secondary N) is 1. The molecule has 2 heterocycles. The molecule has 2 atom stereocenters. The Kier molecular flexibility index (Phi) is 3.21. The fourth-order valence-corrected chi connectivity index (χ4v) is 3.74. The fourth-order valence-electron chi connectivity index (χ4n) is 3.74. The number of aryl methyl sites for hydroxylation is 1. The van der Waals surface area contributed by atoms with E-state index in [1.165, 1.54) is 25.7 Å². The number of anilines is 1. The molecule has 3 N–H and O–H groups in total. The molecule has 1 saturated carbocycles. The molecule has 19 heavy (non-hydrogen) atoms. The summed E-state index contributed by atoms with van der Waals surface area (Å²) >= 11 is 0. The second-order valence-corrected chi connectivity index (χ2v) is 5.86. The highest BCUT2D eigenvalue weighted by atomic mass is 16.2. The number of likely N-dealkylation sites (tertiary alicyclic amines) is 1. The Labute approximate surface area is 113 Å². The van der Waals surface area contributed by atoms with Gasteiger partial charge in [0.2, 0.25) is 0 Å². The third-order valence-corrected chi connectivity index (χ3v) is 4.69. The van der Waals surface area contributed by atoms with Crippen molar-refractivity contribution in [1.29, 1.82) is 0 Å². The van der Waals surface area contributed by atoms with Gasteiger partial charge in [0.1, 0.15) is 5.56 Å². The zero-order valence-electron chi connectivity index (χ0n) is 11.5. The topological polar surface area (TPSA) is 75.0 Å². The third-order valence-electron chi connectivity index (χ3n) is 4.69. The van der Waals surface area contributed by atoms with Crippen molar-refractivity contribution < 1.29 is 4.79 Å². The van der Waals surface area contributed by atoms with Gasteiger partial charge in [-0.1, -0.05) is 12.8 Å². The van der Waals surface area contributed by atoms with Gasteiger partial charge in [0, 0.05) is 18.3 Å². The van der Waals surface area contributed by atoms with Crippen LogP contribution in [-0.4, -0.2) is 33.6 Å². The van der Waals surface area contributed by atoms with Crippen molar-refractivity contribution >= 4 is 11.7 Å². The molecular weight excluding hydrogens is 240 g/mol. The smallest absolute Gasteiger partial charge is 0.259 e. The molecule has 3 rings (SSSR count). The standard InChI is InChI=1S/C14H22N4O/c1-9-12(13(15)17-16-9)14(19)18-8-4-6-10-5-2-3-7-11(10)18/h10-11H,2-8H2,1H3,(H3,15,16,17)/t10-,11-/m1/s1. The summed E-state index contributed by atoms with van der Waals surface area (Å²) in [7, 11) is 0. The van der Waals surface area contributed by atoms with Crippen molar-refractivity contribution in [2.24, 2.45) is 5.92 Å². The van der Waals surface area contributed by atoms with Crippen LogP contribution >= 0.6 is 0 Å². The van der Waals surface area contributed by atoms with Crippen LogP contribution in [0.3, 0.4) is 0 Å². The predicted molar refractivity (Wildman–Crippen MR) is 73.8 cm³/mol. The number of H-pyrrole nitrogens is 1. The van der Waals surface area contributed by atoms with Gasteiger partial charge >= 0.3 is 0 Å². The molecule has 5 heteroatoms. The number of nitrogens with zero attached hydrogens (tertiary/aromatic N) is 2. The van der Waals surface area contributed by atoms with Crippen molar-refractivity contribution in [3.63, 3.8) is 0 Å². The lowest BCUT2D eigenvalue weighted by Gasteiger charge is -2.44. The Balaban J connectivity index is 1.86. The zero-order chi connectivity index (χ0) is 13.4. The van der Waals surface area contributed by atoms with E-state index in [0.717, 1.165) is 25.1 Å². The number of nitrogens with two attached hydrogens (primary N) is 1. The molecule has 1 aromatic rings. The number of hydrogen-bond acceptors (Lipinski definition) is 3. The molecule has 2 fully saturated rings. The number of aromatic nitrogens is 2. The maximum absolute atomic E-state index is 12.7. The molecule has 0 radical (unpaired) electrons. The Hall–Kier alpha value is -1.52. The van der Waals surface area contributed by atoms with Crippen LogP contribution < -0.4 is 5.73 Å². The summed E-state index contributed by atoms with van der Waals surface area (Å²) in [6.07, 6.45) is 7.36. The van der Waals surface area contributed by atoms with Crippen molar-refractivity contribution in [2.75, 3.05) is 12.3 Å². The Morgan fingerprint density at radius 3 is 2.79 bits per heavy atom. The first kappa shape index (κ1) is 12.5. The van der Waals surface area contributed by atoms with Crippen LogP contribution in [0.5, 0.6) is 0 Å². The summed E-state index contributed by atoms with van der Waals surface area (Å²) in [5.41, 5.74) is 7.18. The second kappa shape index (κ2) is 4.87. The van der Waals surface area contributed by atoms with Crippen molar-refractivity contribution in [2.45, 2.75) is 51.5 Å². The summed E-state index contributed by atoms with van der Waals surface area (Å²) < 4.78 is 0. The van der Waals surface area contributed by atoms with E-state index in [-0.39, 0.29) is 5.91 Å². The van der Waals surface area contributed by atoms with Gasteiger partial charge in [0.15, 0.2) is 5.82 Å². The highest BCUT2D eigenvalue weighted by molar-refractivity contribution is 5.99. The van der Waals surface area contributed by atoms with Gasteiger partial charge in [0.25, 0.3) is 5.91 Å². The van der Waals surface area contributed by atoms with Crippen molar-refractivity contribution in [3.05, 3.63) is 11.3 Å². The molecule has 0 spiro atoms. The lowest BCUT2D eigenvalue weighted by molar-refractivity contribution is 0.0391.